The largest absolute Gasteiger partial charge is 0.383 e. The van der Waals surface area contributed by atoms with E-state index in [0.717, 1.165) is 11.3 Å². The Morgan fingerprint density at radius 2 is 2.08 bits per heavy atom. The molecule has 1 heterocycles. The molecule has 0 bridgehead atoms. The number of nitrogens with one attached hydrogen (secondary N) is 1. The third-order valence-electron chi connectivity index (χ3n) is 2.35. The summed E-state index contributed by atoms with van der Waals surface area (Å²) in [5.41, 5.74) is 8.25. The third kappa shape index (κ3) is 1.86. The van der Waals surface area contributed by atoms with Crippen LogP contribution in [-0.2, 0) is 12.8 Å². The maximum absolute atomic E-state index is 7.38. The van der Waals surface area contributed by atoms with Gasteiger partial charge in [0.1, 0.15) is 5.84 Å². The average Bonchev–Trinajstić information content (AvgIpc) is 2.47. The number of halogens is 1. The van der Waals surface area contributed by atoms with Crippen LogP contribution in [-0.4, -0.2) is 5.84 Å². The number of fused-ring (bicyclic) bond motifs is 1. The summed E-state index contributed by atoms with van der Waals surface area (Å²) in [4.78, 5) is 1.00. The summed E-state index contributed by atoms with van der Waals surface area (Å²) in [6.45, 7) is 0. The second-order valence-electron chi connectivity index (χ2n) is 3.19. The van der Waals surface area contributed by atoms with Crippen LogP contribution in [0, 0.1) is 5.41 Å². The van der Waals surface area contributed by atoms with E-state index in [-0.39, 0.29) is 18.2 Å². The third-order valence-corrected chi connectivity index (χ3v) is 3.45. The minimum atomic E-state index is 0. The Kier molecular flexibility index (Phi) is 3.33. The monoisotopic (exact) mass is 216 g/mol. The van der Waals surface area contributed by atoms with Crippen LogP contribution in [0.5, 0.6) is 0 Å². The van der Waals surface area contributed by atoms with Gasteiger partial charge in [-0.1, -0.05) is 0 Å². The molecule has 1 aromatic heterocycles. The van der Waals surface area contributed by atoms with Crippen LogP contribution in [0.15, 0.2) is 5.38 Å². The maximum Gasteiger partial charge on any atom is 0.133 e. The summed E-state index contributed by atoms with van der Waals surface area (Å²) >= 11 is 1.62. The Morgan fingerprint density at radius 3 is 2.77 bits per heavy atom. The second kappa shape index (κ2) is 4.11. The van der Waals surface area contributed by atoms with E-state index in [4.69, 9.17) is 11.1 Å². The number of thiophene rings is 1. The van der Waals surface area contributed by atoms with Crippen molar-refractivity contribution in [3.05, 3.63) is 21.4 Å². The second-order valence-corrected chi connectivity index (χ2v) is 4.07. The van der Waals surface area contributed by atoms with E-state index in [2.05, 4.69) is 5.38 Å². The van der Waals surface area contributed by atoms with Crippen molar-refractivity contribution in [3.8, 4) is 0 Å². The molecule has 0 unspecified atom stereocenters. The Bertz CT molecular complexity index is 319. The molecule has 0 amide bonds. The first-order valence-electron chi connectivity index (χ1n) is 4.22. The van der Waals surface area contributed by atoms with Crippen LogP contribution in [0.25, 0.3) is 0 Å². The van der Waals surface area contributed by atoms with Gasteiger partial charge in [-0.2, -0.15) is 0 Å². The number of hydrogen-bond acceptors (Lipinski definition) is 2. The lowest BCUT2D eigenvalue weighted by Crippen LogP contribution is -2.13. The summed E-state index contributed by atoms with van der Waals surface area (Å²) in [6.07, 6.45) is 4.85. The molecule has 72 valence electrons. The van der Waals surface area contributed by atoms with E-state index in [1.54, 1.807) is 11.3 Å². The van der Waals surface area contributed by atoms with Gasteiger partial charge in [-0.3, -0.25) is 5.41 Å². The predicted octanol–water partition coefficient (Wildman–Crippen LogP) is 2.33. The molecule has 0 spiro atoms. The highest BCUT2D eigenvalue weighted by Crippen LogP contribution is 2.29. The number of aryl methyl sites for hydroxylation is 1. The number of rotatable bonds is 1. The Balaban J connectivity index is 0.000000845. The maximum atomic E-state index is 7.38. The predicted molar refractivity (Wildman–Crippen MR) is 59.2 cm³/mol. The van der Waals surface area contributed by atoms with E-state index in [1.165, 1.54) is 30.4 Å². The molecule has 0 atom stereocenters. The standard InChI is InChI=1S/C9H12N2S.ClH/c10-9(11)8-7-4-2-1-3-6(7)5-12-8;/h5H,1-4H2,(H3,10,11);1H. The molecule has 3 N–H and O–H groups in total. The molecular formula is C9H13ClN2S. The molecule has 4 heteroatoms. The van der Waals surface area contributed by atoms with Crippen molar-refractivity contribution in [2.24, 2.45) is 5.73 Å². The van der Waals surface area contributed by atoms with Gasteiger partial charge in [0.05, 0.1) is 4.88 Å². The van der Waals surface area contributed by atoms with Gasteiger partial charge >= 0.3 is 0 Å². The van der Waals surface area contributed by atoms with Crippen molar-refractivity contribution in [2.45, 2.75) is 25.7 Å². The molecule has 0 aliphatic heterocycles. The molecule has 0 radical (unpaired) electrons. The summed E-state index contributed by atoms with van der Waals surface area (Å²) in [7, 11) is 0. The van der Waals surface area contributed by atoms with Crippen LogP contribution in [0.4, 0.5) is 0 Å². The van der Waals surface area contributed by atoms with Gasteiger partial charge in [0.25, 0.3) is 0 Å². The van der Waals surface area contributed by atoms with Gasteiger partial charge in [0, 0.05) is 0 Å². The van der Waals surface area contributed by atoms with Gasteiger partial charge in [-0.15, -0.1) is 23.7 Å². The first kappa shape index (κ1) is 10.5. The highest BCUT2D eigenvalue weighted by Gasteiger charge is 2.16. The lowest BCUT2D eigenvalue weighted by Gasteiger charge is -2.11. The molecule has 1 aromatic rings. The lowest BCUT2D eigenvalue weighted by atomic mass is 9.94. The van der Waals surface area contributed by atoms with Gasteiger partial charge < -0.3 is 5.73 Å². The summed E-state index contributed by atoms with van der Waals surface area (Å²) in [5, 5.41) is 9.54. The summed E-state index contributed by atoms with van der Waals surface area (Å²) in [6, 6.07) is 0. The molecule has 13 heavy (non-hydrogen) atoms. The van der Waals surface area contributed by atoms with E-state index in [1.807, 2.05) is 0 Å². The average molecular weight is 217 g/mol. The molecule has 2 rings (SSSR count). The van der Waals surface area contributed by atoms with E-state index < -0.39 is 0 Å². The zero-order valence-electron chi connectivity index (χ0n) is 7.30. The minimum Gasteiger partial charge on any atom is -0.383 e. The van der Waals surface area contributed by atoms with Gasteiger partial charge in [0.2, 0.25) is 0 Å². The number of nitrogens with two attached hydrogens (primary N) is 1. The topological polar surface area (TPSA) is 49.9 Å². The number of nitrogen functional groups attached to an aromatic ring is 1. The number of amidine groups is 1. The fourth-order valence-electron chi connectivity index (χ4n) is 1.75. The van der Waals surface area contributed by atoms with Crippen molar-refractivity contribution in [3.63, 3.8) is 0 Å². The molecule has 1 aliphatic rings. The van der Waals surface area contributed by atoms with Crippen molar-refractivity contribution < 1.29 is 0 Å². The molecule has 2 nitrogen and oxygen atoms in total. The summed E-state index contributed by atoms with van der Waals surface area (Å²) in [5.74, 6) is 0.239. The molecule has 0 aromatic carbocycles. The molecule has 1 aliphatic carbocycles. The zero-order valence-corrected chi connectivity index (χ0v) is 8.93. The van der Waals surface area contributed by atoms with Crippen LogP contribution in [0.2, 0.25) is 0 Å². The Labute approximate surface area is 88.1 Å². The van der Waals surface area contributed by atoms with Crippen LogP contribution >= 0.6 is 23.7 Å². The van der Waals surface area contributed by atoms with Gasteiger partial charge in [-0.25, -0.2) is 0 Å². The molecule has 0 fully saturated rings. The van der Waals surface area contributed by atoms with Crippen molar-refractivity contribution >= 4 is 29.6 Å². The SMILES string of the molecule is Cl.N=C(N)c1scc2c1CCCC2. The van der Waals surface area contributed by atoms with E-state index in [9.17, 15) is 0 Å². The molecule has 0 saturated carbocycles. The van der Waals surface area contributed by atoms with Crippen LogP contribution in [0.1, 0.15) is 28.8 Å². The quantitative estimate of drug-likeness (QED) is 0.550. The van der Waals surface area contributed by atoms with E-state index >= 15 is 0 Å². The van der Waals surface area contributed by atoms with Crippen molar-refractivity contribution in [2.75, 3.05) is 0 Å². The highest BCUT2D eigenvalue weighted by atomic mass is 35.5. The molecular weight excluding hydrogens is 204 g/mol. The van der Waals surface area contributed by atoms with Crippen LogP contribution < -0.4 is 5.73 Å². The van der Waals surface area contributed by atoms with Crippen molar-refractivity contribution in [1.82, 2.24) is 0 Å². The minimum absolute atomic E-state index is 0. The Morgan fingerprint density at radius 1 is 1.38 bits per heavy atom. The fraction of sp³-hybridized carbons (Fsp3) is 0.444. The number of hydrogen-bond donors (Lipinski definition) is 2. The fourth-order valence-corrected chi connectivity index (χ4v) is 2.77. The first-order valence-corrected chi connectivity index (χ1v) is 5.10. The molecule has 0 saturated heterocycles. The van der Waals surface area contributed by atoms with Crippen molar-refractivity contribution in [1.29, 1.82) is 5.41 Å². The van der Waals surface area contributed by atoms with Gasteiger partial charge in [0.15, 0.2) is 0 Å². The van der Waals surface area contributed by atoms with Gasteiger partial charge in [-0.05, 0) is 42.2 Å². The smallest absolute Gasteiger partial charge is 0.133 e. The Hall–Kier alpha value is -0.540. The lowest BCUT2D eigenvalue weighted by molar-refractivity contribution is 0.689. The normalized spacial score (nSPS) is 14.5. The summed E-state index contributed by atoms with van der Waals surface area (Å²) < 4.78 is 0. The zero-order chi connectivity index (χ0) is 8.55. The van der Waals surface area contributed by atoms with Crippen LogP contribution in [0.3, 0.4) is 0 Å². The first-order chi connectivity index (χ1) is 5.79. The van der Waals surface area contributed by atoms with E-state index in [0.29, 0.717) is 0 Å². The highest BCUT2D eigenvalue weighted by molar-refractivity contribution is 7.12.